The van der Waals surface area contributed by atoms with Gasteiger partial charge in [0.25, 0.3) is 0 Å². The molecule has 1 saturated heterocycles. The molecule has 1 fully saturated rings. The van der Waals surface area contributed by atoms with Crippen LogP contribution in [0.2, 0.25) is 5.02 Å². The molecule has 27 heavy (non-hydrogen) atoms. The van der Waals surface area contributed by atoms with E-state index >= 15 is 0 Å². The van der Waals surface area contributed by atoms with Crippen LogP contribution in [0.15, 0.2) is 48.5 Å². The third kappa shape index (κ3) is 5.47. The summed E-state index contributed by atoms with van der Waals surface area (Å²) in [6.07, 6.45) is 0. The first-order valence-electron chi connectivity index (χ1n) is 9.44. The molecule has 2 aromatic rings. The summed E-state index contributed by atoms with van der Waals surface area (Å²) in [5.74, 6) is 0. The summed E-state index contributed by atoms with van der Waals surface area (Å²) in [5.41, 5.74) is 3.47. The van der Waals surface area contributed by atoms with Gasteiger partial charge in [0.1, 0.15) is 0 Å². The summed E-state index contributed by atoms with van der Waals surface area (Å²) in [6, 6.07) is 16.1. The fourth-order valence-electron chi connectivity index (χ4n) is 3.21. The average Bonchev–Trinajstić information content (AvgIpc) is 2.64. The maximum atomic E-state index is 12.5. The molecule has 1 aliphatic rings. The van der Waals surface area contributed by atoms with Crippen LogP contribution in [0, 0.1) is 0 Å². The number of carbonyl (C=O) groups is 1. The molecule has 0 atom stereocenters. The van der Waals surface area contributed by atoms with E-state index in [9.17, 15) is 4.79 Å². The highest BCUT2D eigenvalue weighted by atomic mass is 35.5. The Balaban J connectivity index is 1.49. The maximum Gasteiger partial charge on any atom is 0.321 e. The second-order valence-corrected chi connectivity index (χ2v) is 8.58. The number of hydrogen-bond acceptors (Lipinski definition) is 2. The normalized spacial score (nSPS) is 15.6. The predicted molar refractivity (Wildman–Crippen MR) is 112 cm³/mol. The van der Waals surface area contributed by atoms with E-state index in [2.05, 4.69) is 55.3 Å². The Morgan fingerprint density at radius 3 is 2.11 bits per heavy atom. The Morgan fingerprint density at radius 2 is 1.56 bits per heavy atom. The van der Waals surface area contributed by atoms with E-state index in [1.807, 2.05) is 29.2 Å². The third-order valence-corrected chi connectivity index (χ3v) is 5.23. The summed E-state index contributed by atoms with van der Waals surface area (Å²) in [7, 11) is 0. The summed E-state index contributed by atoms with van der Waals surface area (Å²) in [5, 5.41) is 3.77. The minimum absolute atomic E-state index is 0.0235. The van der Waals surface area contributed by atoms with Crippen LogP contribution in [-0.2, 0) is 12.0 Å². The van der Waals surface area contributed by atoms with Crippen molar-refractivity contribution in [3.05, 3.63) is 64.7 Å². The molecule has 0 bridgehead atoms. The fraction of sp³-hybridized carbons (Fsp3) is 0.409. The number of amides is 2. The monoisotopic (exact) mass is 385 g/mol. The SMILES string of the molecule is CC(C)(C)c1ccc(NC(=O)N2CCN(Cc3ccc(Cl)cc3)CC2)cc1. The lowest BCUT2D eigenvalue weighted by Gasteiger charge is -2.34. The Bertz CT molecular complexity index is 758. The van der Waals surface area contributed by atoms with Crippen molar-refractivity contribution < 1.29 is 4.79 Å². The molecule has 1 aliphatic heterocycles. The number of benzene rings is 2. The molecule has 0 radical (unpaired) electrons. The van der Waals surface area contributed by atoms with E-state index in [1.165, 1.54) is 11.1 Å². The fourth-order valence-corrected chi connectivity index (χ4v) is 3.34. The second kappa shape index (κ2) is 8.32. The van der Waals surface area contributed by atoms with Gasteiger partial charge in [-0.1, -0.05) is 56.6 Å². The number of anilines is 1. The number of urea groups is 1. The molecule has 0 aromatic heterocycles. The van der Waals surface area contributed by atoms with Crippen LogP contribution < -0.4 is 5.32 Å². The third-order valence-electron chi connectivity index (χ3n) is 4.98. The molecule has 4 nitrogen and oxygen atoms in total. The van der Waals surface area contributed by atoms with E-state index in [-0.39, 0.29) is 11.4 Å². The quantitative estimate of drug-likeness (QED) is 0.808. The molecule has 0 aliphatic carbocycles. The van der Waals surface area contributed by atoms with E-state index < -0.39 is 0 Å². The number of nitrogens with zero attached hydrogens (tertiary/aromatic N) is 2. The average molecular weight is 386 g/mol. The zero-order chi connectivity index (χ0) is 19.4. The van der Waals surface area contributed by atoms with Gasteiger partial charge in [-0.25, -0.2) is 4.79 Å². The van der Waals surface area contributed by atoms with Crippen molar-refractivity contribution in [3.63, 3.8) is 0 Å². The van der Waals surface area contributed by atoms with Gasteiger partial charge in [-0.15, -0.1) is 0 Å². The van der Waals surface area contributed by atoms with Crippen LogP contribution in [0.5, 0.6) is 0 Å². The van der Waals surface area contributed by atoms with Crippen LogP contribution in [0.3, 0.4) is 0 Å². The molecule has 144 valence electrons. The van der Waals surface area contributed by atoms with Crippen LogP contribution in [-0.4, -0.2) is 42.0 Å². The lowest BCUT2D eigenvalue weighted by molar-refractivity contribution is 0.143. The van der Waals surface area contributed by atoms with Gasteiger partial charge in [0.2, 0.25) is 0 Å². The molecule has 5 heteroatoms. The van der Waals surface area contributed by atoms with Crippen molar-refractivity contribution in [2.24, 2.45) is 0 Å². The predicted octanol–water partition coefficient (Wildman–Crippen LogP) is 4.99. The molecule has 0 spiro atoms. The van der Waals surface area contributed by atoms with Crippen molar-refractivity contribution in [2.45, 2.75) is 32.7 Å². The van der Waals surface area contributed by atoms with Crippen LogP contribution in [0.1, 0.15) is 31.9 Å². The van der Waals surface area contributed by atoms with E-state index in [1.54, 1.807) is 0 Å². The standard InChI is InChI=1S/C22H28ClN3O/c1-22(2,3)18-6-10-20(11-7-18)24-21(27)26-14-12-25(13-15-26)16-17-4-8-19(23)9-5-17/h4-11H,12-16H2,1-3H3,(H,24,27). The van der Waals surface area contributed by atoms with Crippen molar-refractivity contribution >= 4 is 23.3 Å². The zero-order valence-electron chi connectivity index (χ0n) is 16.3. The van der Waals surface area contributed by atoms with Crippen LogP contribution in [0.4, 0.5) is 10.5 Å². The van der Waals surface area contributed by atoms with Crippen molar-refractivity contribution in [1.29, 1.82) is 0 Å². The molecule has 3 rings (SSSR count). The van der Waals surface area contributed by atoms with Crippen molar-refractivity contribution in [1.82, 2.24) is 9.80 Å². The summed E-state index contributed by atoms with van der Waals surface area (Å²) in [6.45, 7) is 10.7. The summed E-state index contributed by atoms with van der Waals surface area (Å²) in [4.78, 5) is 16.8. The zero-order valence-corrected chi connectivity index (χ0v) is 17.1. The van der Waals surface area contributed by atoms with E-state index in [4.69, 9.17) is 11.6 Å². The first kappa shape index (κ1) is 19.7. The molecule has 2 aromatic carbocycles. The number of rotatable bonds is 3. The number of hydrogen-bond donors (Lipinski definition) is 1. The Labute approximate surface area is 167 Å². The maximum absolute atomic E-state index is 12.5. The number of nitrogens with one attached hydrogen (secondary N) is 1. The minimum Gasteiger partial charge on any atom is -0.322 e. The van der Waals surface area contributed by atoms with Gasteiger partial charge in [-0.3, -0.25) is 4.90 Å². The Kier molecular flexibility index (Phi) is 6.08. The number of halogens is 1. The highest BCUT2D eigenvalue weighted by Gasteiger charge is 2.21. The summed E-state index contributed by atoms with van der Waals surface area (Å²) >= 11 is 5.94. The summed E-state index contributed by atoms with van der Waals surface area (Å²) < 4.78 is 0. The smallest absolute Gasteiger partial charge is 0.321 e. The van der Waals surface area contributed by atoms with Gasteiger partial charge in [-0.05, 0) is 40.8 Å². The lowest BCUT2D eigenvalue weighted by atomic mass is 9.87. The van der Waals surface area contributed by atoms with Gasteiger partial charge >= 0.3 is 6.03 Å². The van der Waals surface area contributed by atoms with Crippen molar-refractivity contribution in [3.8, 4) is 0 Å². The first-order chi connectivity index (χ1) is 12.8. The van der Waals surface area contributed by atoms with Crippen LogP contribution in [0.25, 0.3) is 0 Å². The molecule has 1 N–H and O–H groups in total. The topological polar surface area (TPSA) is 35.6 Å². The van der Waals surface area contributed by atoms with Gasteiger partial charge < -0.3 is 10.2 Å². The van der Waals surface area contributed by atoms with Gasteiger partial charge in [0, 0.05) is 43.4 Å². The van der Waals surface area contributed by atoms with Crippen LogP contribution >= 0.6 is 11.6 Å². The molecular formula is C22H28ClN3O. The largest absolute Gasteiger partial charge is 0.322 e. The molecule has 2 amide bonds. The molecule has 1 heterocycles. The Hall–Kier alpha value is -2.04. The highest BCUT2D eigenvalue weighted by Crippen LogP contribution is 2.23. The second-order valence-electron chi connectivity index (χ2n) is 8.15. The molecular weight excluding hydrogens is 358 g/mol. The number of carbonyl (C=O) groups excluding carboxylic acids is 1. The van der Waals surface area contributed by atoms with E-state index in [0.29, 0.717) is 0 Å². The lowest BCUT2D eigenvalue weighted by Crippen LogP contribution is -2.49. The van der Waals surface area contributed by atoms with Gasteiger partial charge in [0.15, 0.2) is 0 Å². The van der Waals surface area contributed by atoms with Crippen molar-refractivity contribution in [2.75, 3.05) is 31.5 Å². The Morgan fingerprint density at radius 1 is 0.963 bits per heavy atom. The van der Waals surface area contributed by atoms with E-state index in [0.717, 1.165) is 43.4 Å². The first-order valence-corrected chi connectivity index (χ1v) is 9.82. The van der Waals surface area contributed by atoms with Gasteiger partial charge in [0.05, 0.1) is 0 Å². The molecule has 0 unspecified atom stereocenters. The minimum atomic E-state index is -0.0235. The number of piperazine rings is 1. The highest BCUT2D eigenvalue weighted by molar-refractivity contribution is 6.30. The molecule has 0 saturated carbocycles. The van der Waals surface area contributed by atoms with Gasteiger partial charge in [-0.2, -0.15) is 0 Å².